The van der Waals surface area contributed by atoms with Gasteiger partial charge in [-0.2, -0.15) is 0 Å². The predicted molar refractivity (Wildman–Crippen MR) is 150 cm³/mol. The molecule has 34 heavy (non-hydrogen) atoms. The predicted octanol–water partition coefficient (Wildman–Crippen LogP) is 7.75. The number of benzene rings is 3. The normalized spacial score (nSPS) is 12.2. The monoisotopic (exact) mass is 456 g/mol. The van der Waals surface area contributed by atoms with Crippen LogP contribution >= 0.6 is 0 Å². The summed E-state index contributed by atoms with van der Waals surface area (Å²) in [5.41, 5.74) is 24.9. The molecule has 3 aromatic rings. The molecule has 0 saturated heterocycles. The first-order chi connectivity index (χ1) is 16.0. The number of nitrogen functional groups attached to an aromatic ring is 2. The molecule has 2 nitrogen and oxygen atoms in total. The van der Waals surface area contributed by atoms with Gasteiger partial charge in [0.25, 0.3) is 0 Å². The zero-order valence-corrected chi connectivity index (χ0v) is 22.6. The summed E-state index contributed by atoms with van der Waals surface area (Å²) in [4.78, 5) is 0. The summed E-state index contributed by atoms with van der Waals surface area (Å²) in [7, 11) is 0. The SMILES string of the molecule is CCc1cc(C(C)(C)c2cccc(C(C)(C)c3cc(CC)c(N)c(CC)c3)c2)cc(CC)c1N. The van der Waals surface area contributed by atoms with Gasteiger partial charge >= 0.3 is 0 Å². The van der Waals surface area contributed by atoms with Crippen molar-refractivity contribution in [3.63, 3.8) is 0 Å². The highest BCUT2D eigenvalue weighted by atomic mass is 14.6. The van der Waals surface area contributed by atoms with Crippen LogP contribution in [0.25, 0.3) is 0 Å². The topological polar surface area (TPSA) is 52.0 Å². The van der Waals surface area contributed by atoms with Crippen molar-refractivity contribution in [3.05, 3.63) is 93.0 Å². The molecule has 0 saturated carbocycles. The van der Waals surface area contributed by atoms with E-state index in [-0.39, 0.29) is 10.8 Å². The van der Waals surface area contributed by atoms with Gasteiger partial charge in [-0.1, -0.05) is 104 Å². The molecule has 4 N–H and O–H groups in total. The van der Waals surface area contributed by atoms with E-state index in [2.05, 4.69) is 104 Å². The van der Waals surface area contributed by atoms with E-state index >= 15 is 0 Å². The Morgan fingerprint density at radius 1 is 0.500 bits per heavy atom. The second-order valence-corrected chi connectivity index (χ2v) is 10.7. The van der Waals surface area contributed by atoms with E-state index in [1.165, 1.54) is 44.5 Å². The number of rotatable bonds is 8. The summed E-state index contributed by atoms with van der Waals surface area (Å²) < 4.78 is 0. The van der Waals surface area contributed by atoms with E-state index < -0.39 is 0 Å². The van der Waals surface area contributed by atoms with Crippen LogP contribution in [0, 0.1) is 0 Å². The third-order valence-corrected chi connectivity index (χ3v) is 7.98. The second kappa shape index (κ2) is 9.86. The average molecular weight is 457 g/mol. The Morgan fingerprint density at radius 2 is 0.794 bits per heavy atom. The Kier molecular flexibility index (Phi) is 7.50. The van der Waals surface area contributed by atoms with Gasteiger partial charge in [-0.05, 0) is 70.2 Å². The number of hydrogen-bond acceptors (Lipinski definition) is 2. The van der Waals surface area contributed by atoms with Crippen LogP contribution in [0.4, 0.5) is 11.4 Å². The quantitative estimate of drug-likeness (QED) is 0.340. The molecule has 3 rings (SSSR count). The lowest BCUT2D eigenvalue weighted by atomic mass is 9.72. The smallest absolute Gasteiger partial charge is 0.0379 e. The van der Waals surface area contributed by atoms with Crippen molar-refractivity contribution in [2.24, 2.45) is 0 Å². The molecular formula is C32H44N2. The van der Waals surface area contributed by atoms with Crippen molar-refractivity contribution < 1.29 is 0 Å². The summed E-state index contributed by atoms with van der Waals surface area (Å²) in [5.74, 6) is 0. The van der Waals surface area contributed by atoms with Crippen molar-refractivity contribution in [1.82, 2.24) is 0 Å². The molecule has 0 radical (unpaired) electrons. The van der Waals surface area contributed by atoms with Gasteiger partial charge in [-0.25, -0.2) is 0 Å². The third-order valence-electron chi connectivity index (χ3n) is 7.98. The average Bonchev–Trinajstić information content (AvgIpc) is 2.84. The van der Waals surface area contributed by atoms with Crippen LogP contribution in [0.15, 0.2) is 48.5 Å². The van der Waals surface area contributed by atoms with Crippen LogP contribution < -0.4 is 11.5 Å². The summed E-state index contributed by atoms with van der Waals surface area (Å²) >= 11 is 0. The summed E-state index contributed by atoms with van der Waals surface area (Å²) in [6.45, 7) is 18.1. The molecule has 0 spiro atoms. The lowest BCUT2D eigenvalue weighted by Crippen LogP contribution is -2.24. The van der Waals surface area contributed by atoms with Crippen LogP contribution in [0.2, 0.25) is 0 Å². The number of anilines is 2. The van der Waals surface area contributed by atoms with E-state index in [4.69, 9.17) is 11.5 Å². The minimum absolute atomic E-state index is 0.127. The maximum atomic E-state index is 6.45. The third kappa shape index (κ3) is 4.60. The molecule has 0 atom stereocenters. The summed E-state index contributed by atoms with van der Waals surface area (Å²) in [6, 6.07) is 18.4. The van der Waals surface area contributed by atoms with Crippen molar-refractivity contribution in [1.29, 1.82) is 0 Å². The number of aryl methyl sites for hydroxylation is 4. The first kappa shape index (κ1) is 25.9. The van der Waals surface area contributed by atoms with Crippen LogP contribution in [0.3, 0.4) is 0 Å². The Morgan fingerprint density at radius 3 is 1.06 bits per heavy atom. The largest absolute Gasteiger partial charge is 0.398 e. The van der Waals surface area contributed by atoms with Gasteiger partial charge in [0.2, 0.25) is 0 Å². The van der Waals surface area contributed by atoms with Crippen molar-refractivity contribution >= 4 is 11.4 Å². The summed E-state index contributed by atoms with van der Waals surface area (Å²) in [6.07, 6.45) is 3.80. The maximum absolute atomic E-state index is 6.45. The number of hydrogen-bond donors (Lipinski definition) is 2. The Hall–Kier alpha value is -2.74. The highest BCUT2D eigenvalue weighted by Crippen LogP contribution is 2.39. The lowest BCUT2D eigenvalue weighted by molar-refractivity contribution is 0.615. The number of nitrogens with two attached hydrogens (primary N) is 2. The standard InChI is InChI=1S/C32H44N2/c1-9-21-16-27(17-22(10-2)29(21)33)31(5,6)25-14-13-15-26(20-25)32(7,8)28-18-23(11-3)30(34)24(12-4)19-28/h13-20H,9-12,33-34H2,1-8H3. The van der Waals surface area contributed by atoms with Gasteiger partial charge in [0.05, 0.1) is 0 Å². The fourth-order valence-corrected chi connectivity index (χ4v) is 5.08. The van der Waals surface area contributed by atoms with Crippen LogP contribution in [-0.4, -0.2) is 0 Å². The first-order valence-electron chi connectivity index (χ1n) is 13.0. The molecule has 0 aliphatic carbocycles. The van der Waals surface area contributed by atoms with E-state index in [1.807, 2.05) is 0 Å². The van der Waals surface area contributed by atoms with E-state index in [9.17, 15) is 0 Å². The highest BCUT2D eigenvalue weighted by molar-refractivity contribution is 5.60. The fourth-order valence-electron chi connectivity index (χ4n) is 5.08. The van der Waals surface area contributed by atoms with Crippen molar-refractivity contribution in [2.75, 3.05) is 11.5 Å². The molecule has 0 heterocycles. The highest BCUT2D eigenvalue weighted by Gasteiger charge is 2.29. The molecule has 2 heteroatoms. The van der Waals surface area contributed by atoms with Crippen molar-refractivity contribution in [3.8, 4) is 0 Å². The molecule has 0 fully saturated rings. The van der Waals surface area contributed by atoms with E-state index in [1.54, 1.807) is 0 Å². The molecular weight excluding hydrogens is 412 g/mol. The minimum Gasteiger partial charge on any atom is -0.398 e. The molecule has 0 aliphatic rings. The van der Waals surface area contributed by atoms with E-state index in [0.29, 0.717) is 0 Å². The zero-order valence-electron chi connectivity index (χ0n) is 22.6. The van der Waals surface area contributed by atoms with Gasteiger partial charge in [0, 0.05) is 22.2 Å². The second-order valence-electron chi connectivity index (χ2n) is 10.7. The van der Waals surface area contributed by atoms with E-state index in [0.717, 1.165) is 37.1 Å². The molecule has 182 valence electrons. The van der Waals surface area contributed by atoms with Gasteiger partial charge in [0.1, 0.15) is 0 Å². The van der Waals surface area contributed by atoms with Crippen LogP contribution in [-0.2, 0) is 36.5 Å². The molecule has 0 aliphatic heterocycles. The minimum atomic E-state index is -0.127. The van der Waals surface area contributed by atoms with Crippen molar-refractivity contribution in [2.45, 2.75) is 91.9 Å². The Balaban J connectivity index is 2.12. The Labute approximate surface area is 207 Å². The van der Waals surface area contributed by atoms with Gasteiger partial charge in [0.15, 0.2) is 0 Å². The van der Waals surface area contributed by atoms with Gasteiger partial charge in [-0.15, -0.1) is 0 Å². The summed E-state index contributed by atoms with van der Waals surface area (Å²) in [5, 5.41) is 0. The van der Waals surface area contributed by atoms with Crippen LogP contribution in [0.5, 0.6) is 0 Å². The van der Waals surface area contributed by atoms with Gasteiger partial charge < -0.3 is 11.5 Å². The van der Waals surface area contributed by atoms with Gasteiger partial charge in [-0.3, -0.25) is 0 Å². The fraction of sp³-hybridized carbons (Fsp3) is 0.438. The molecule has 0 bridgehead atoms. The first-order valence-corrected chi connectivity index (χ1v) is 13.0. The Bertz CT molecular complexity index is 1030. The molecule has 0 amide bonds. The molecule has 0 aromatic heterocycles. The molecule has 0 unspecified atom stereocenters. The lowest BCUT2D eigenvalue weighted by Gasteiger charge is -2.32. The molecule has 3 aromatic carbocycles. The zero-order chi connectivity index (χ0) is 25.3. The van der Waals surface area contributed by atoms with Crippen LogP contribution in [0.1, 0.15) is 99.9 Å². The maximum Gasteiger partial charge on any atom is 0.0379 e.